The van der Waals surface area contributed by atoms with Crippen molar-refractivity contribution in [2.75, 3.05) is 25.4 Å². The minimum atomic E-state index is 0. The number of nitrogens with zero attached hydrogens (tertiary/aromatic N) is 4. The zero-order valence-corrected chi connectivity index (χ0v) is 18.3. The van der Waals surface area contributed by atoms with Gasteiger partial charge in [0.15, 0.2) is 11.0 Å². The minimum absolute atomic E-state index is 0. The van der Waals surface area contributed by atoms with Crippen LogP contribution in [0.1, 0.15) is 24.2 Å². The van der Waals surface area contributed by atoms with Crippen LogP contribution in [0.15, 0.2) is 59.8 Å². The average molecular weight is 431 g/mol. The van der Waals surface area contributed by atoms with Crippen LogP contribution in [-0.4, -0.2) is 45.1 Å². The van der Waals surface area contributed by atoms with Gasteiger partial charge in [-0.15, -0.1) is 22.6 Å². The lowest BCUT2D eigenvalue weighted by Gasteiger charge is -2.14. The monoisotopic (exact) mass is 430 g/mol. The molecule has 0 aliphatic carbocycles. The van der Waals surface area contributed by atoms with Crippen LogP contribution in [0.2, 0.25) is 0 Å². The van der Waals surface area contributed by atoms with Crippen LogP contribution < -0.4 is 4.74 Å². The summed E-state index contributed by atoms with van der Waals surface area (Å²) in [7, 11) is 0. The van der Waals surface area contributed by atoms with Crippen molar-refractivity contribution in [2.24, 2.45) is 0 Å². The number of likely N-dealkylation sites (tertiary alicyclic amines) is 1. The second-order valence-electron chi connectivity index (χ2n) is 7.02. The van der Waals surface area contributed by atoms with Crippen molar-refractivity contribution >= 4 is 24.2 Å². The summed E-state index contributed by atoms with van der Waals surface area (Å²) in [5.74, 6) is 2.72. The fraction of sp³-hybridized carbons (Fsp3) is 0.364. The number of thioether (sulfide) groups is 1. The smallest absolute Gasteiger partial charge is 0.195 e. The van der Waals surface area contributed by atoms with E-state index in [2.05, 4.69) is 44.8 Å². The Bertz CT molecular complexity index is 897. The summed E-state index contributed by atoms with van der Waals surface area (Å²) in [6.45, 7) is 5.99. The number of benzene rings is 2. The Balaban J connectivity index is 0.00000240. The maximum Gasteiger partial charge on any atom is 0.195 e. The van der Waals surface area contributed by atoms with Gasteiger partial charge in [0.05, 0.1) is 0 Å². The van der Waals surface area contributed by atoms with E-state index in [1.54, 1.807) is 11.8 Å². The third-order valence-corrected chi connectivity index (χ3v) is 5.91. The predicted octanol–water partition coefficient (Wildman–Crippen LogP) is 4.76. The number of ether oxygens (including phenoxy) is 1. The number of rotatable bonds is 8. The summed E-state index contributed by atoms with van der Waals surface area (Å²) in [6, 6.07) is 18.3. The third kappa shape index (κ3) is 5.53. The van der Waals surface area contributed by atoms with E-state index in [9.17, 15) is 0 Å². The van der Waals surface area contributed by atoms with Gasteiger partial charge in [0, 0.05) is 18.0 Å². The van der Waals surface area contributed by atoms with Crippen molar-refractivity contribution in [1.29, 1.82) is 0 Å². The standard InChI is InChI=1S/C22H26N4OS.ClH/c1-18-9-5-6-12-20(18)27-17-21-23-24-22(26(21)19-10-3-2-4-11-19)28-16-15-25-13-7-8-14-25;/h2-6,9-12H,7-8,13-17H2,1H3;1H. The van der Waals surface area contributed by atoms with Gasteiger partial charge >= 0.3 is 0 Å². The molecule has 2 heterocycles. The molecule has 1 aliphatic heterocycles. The summed E-state index contributed by atoms with van der Waals surface area (Å²) in [5, 5.41) is 9.83. The van der Waals surface area contributed by atoms with E-state index in [0.717, 1.165) is 40.3 Å². The van der Waals surface area contributed by atoms with E-state index in [0.29, 0.717) is 6.61 Å². The molecule has 0 atom stereocenters. The average Bonchev–Trinajstić information content (AvgIpc) is 3.38. The van der Waals surface area contributed by atoms with Crippen molar-refractivity contribution < 1.29 is 4.74 Å². The molecule has 29 heavy (non-hydrogen) atoms. The lowest BCUT2D eigenvalue weighted by molar-refractivity contribution is 0.291. The molecule has 5 nitrogen and oxygen atoms in total. The van der Waals surface area contributed by atoms with Gasteiger partial charge in [-0.05, 0) is 56.6 Å². The van der Waals surface area contributed by atoms with Gasteiger partial charge in [0.25, 0.3) is 0 Å². The maximum absolute atomic E-state index is 6.04. The molecule has 0 radical (unpaired) electrons. The molecule has 1 fully saturated rings. The van der Waals surface area contributed by atoms with Gasteiger partial charge in [-0.3, -0.25) is 4.57 Å². The molecule has 2 aromatic carbocycles. The topological polar surface area (TPSA) is 43.2 Å². The van der Waals surface area contributed by atoms with Crippen LogP contribution in [0, 0.1) is 6.92 Å². The molecule has 7 heteroatoms. The molecule has 0 spiro atoms. The highest BCUT2D eigenvalue weighted by Crippen LogP contribution is 2.24. The van der Waals surface area contributed by atoms with E-state index in [1.807, 2.05) is 36.4 Å². The van der Waals surface area contributed by atoms with E-state index in [4.69, 9.17) is 4.74 Å². The summed E-state index contributed by atoms with van der Waals surface area (Å²) in [6.07, 6.45) is 2.65. The fourth-order valence-electron chi connectivity index (χ4n) is 3.46. The van der Waals surface area contributed by atoms with Crippen molar-refractivity contribution in [3.63, 3.8) is 0 Å². The second kappa shape index (κ2) is 10.7. The number of hydrogen-bond donors (Lipinski definition) is 0. The van der Waals surface area contributed by atoms with Crippen LogP contribution in [0.5, 0.6) is 5.75 Å². The Labute approximate surface area is 182 Å². The van der Waals surface area contributed by atoms with Crippen LogP contribution in [-0.2, 0) is 6.61 Å². The molecule has 0 unspecified atom stereocenters. The van der Waals surface area contributed by atoms with Gasteiger partial charge < -0.3 is 9.64 Å². The maximum atomic E-state index is 6.04. The molecule has 154 valence electrons. The molecule has 4 rings (SSSR count). The zero-order chi connectivity index (χ0) is 19.2. The summed E-state index contributed by atoms with van der Waals surface area (Å²) < 4.78 is 8.16. The minimum Gasteiger partial charge on any atom is -0.485 e. The van der Waals surface area contributed by atoms with Crippen LogP contribution in [0.4, 0.5) is 0 Å². The molecule has 0 N–H and O–H groups in total. The number of aryl methyl sites for hydroxylation is 1. The lowest BCUT2D eigenvalue weighted by atomic mass is 10.2. The van der Waals surface area contributed by atoms with Gasteiger partial charge in [-0.2, -0.15) is 0 Å². The Morgan fingerprint density at radius 2 is 1.69 bits per heavy atom. The molecule has 3 aromatic rings. The number of para-hydroxylation sites is 2. The second-order valence-corrected chi connectivity index (χ2v) is 8.08. The van der Waals surface area contributed by atoms with Gasteiger partial charge in [0.2, 0.25) is 0 Å². The molecule has 0 saturated carbocycles. The van der Waals surface area contributed by atoms with Crippen LogP contribution in [0.25, 0.3) is 5.69 Å². The Hall–Kier alpha value is -2.02. The molecular weight excluding hydrogens is 404 g/mol. The van der Waals surface area contributed by atoms with Crippen LogP contribution >= 0.6 is 24.2 Å². The molecule has 0 amide bonds. The van der Waals surface area contributed by atoms with Crippen molar-refractivity contribution in [2.45, 2.75) is 31.5 Å². The predicted molar refractivity (Wildman–Crippen MR) is 121 cm³/mol. The molecular formula is C22H27ClN4OS. The van der Waals surface area contributed by atoms with Gasteiger partial charge in [-0.1, -0.05) is 48.2 Å². The fourth-order valence-corrected chi connectivity index (χ4v) is 4.43. The van der Waals surface area contributed by atoms with E-state index in [1.165, 1.54) is 25.9 Å². The number of aromatic nitrogens is 3. The number of halogens is 1. The highest BCUT2D eigenvalue weighted by atomic mass is 35.5. The Morgan fingerprint density at radius 3 is 2.45 bits per heavy atom. The van der Waals surface area contributed by atoms with Crippen LogP contribution in [0.3, 0.4) is 0 Å². The highest BCUT2D eigenvalue weighted by Gasteiger charge is 2.17. The SMILES string of the molecule is Cc1ccccc1OCc1nnc(SCCN2CCCC2)n1-c1ccccc1.Cl. The Morgan fingerprint density at radius 1 is 0.966 bits per heavy atom. The first-order valence-corrected chi connectivity index (χ1v) is 10.8. The van der Waals surface area contributed by atoms with E-state index >= 15 is 0 Å². The van der Waals surface area contributed by atoms with Gasteiger partial charge in [-0.25, -0.2) is 0 Å². The molecule has 1 aliphatic rings. The molecule has 1 aromatic heterocycles. The first kappa shape index (κ1) is 21.7. The molecule has 0 bridgehead atoms. The van der Waals surface area contributed by atoms with E-state index in [-0.39, 0.29) is 12.4 Å². The van der Waals surface area contributed by atoms with Gasteiger partial charge in [0.1, 0.15) is 12.4 Å². The normalized spacial score (nSPS) is 14.0. The quantitative estimate of drug-likeness (QED) is 0.482. The summed E-state index contributed by atoms with van der Waals surface area (Å²) >= 11 is 1.77. The first-order chi connectivity index (χ1) is 13.8. The zero-order valence-electron chi connectivity index (χ0n) is 16.7. The third-order valence-electron chi connectivity index (χ3n) is 5.00. The van der Waals surface area contributed by atoms with Crippen molar-refractivity contribution in [1.82, 2.24) is 19.7 Å². The largest absolute Gasteiger partial charge is 0.485 e. The summed E-state index contributed by atoms with van der Waals surface area (Å²) in [5.41, 5.74) is 2.19. The first-order valence-electron chi connectivity index (χ1n) is 9.84. The van der Waals surface area contributed by atoms with Crippen molar-refractivity contribution in [3.05, 3.63) is 66.0 Å². The Kier molecular flexibility index (Phi) is 7.98. The highest BCUT2D eigenvalue weighted by molar-refractivity contribution is 7.99. The van der Waals surface area contributed by atoms with Crippen molar-refractivity contribution in [3.8, 4) is 11.4 Å². The number of hydrogen-bond acceptors (Lipinski definition) is 5. The van der Waals surface area contributed by atoms with E-state index < -0.39 is 0 Å². The molecule has 1 saturated heterocycles. The summed E-state index contributed by atoms with van der Waals surface area (Å²) in [4.78, 5) is 2.53. The lowest BCUT2D eigenvalue weighted by Crippen LogP contribution is -2.22.